The first kappa shape index (κ1) is 42.0. The number of rotatable bonds is 10. The van der Waals surface area contributed by atoms with E-state index in [-0.39, 0.29) is 5.92 Å². The molecule has 1 heterocycles. The minimum atomic E-state index is 0.0314. The topological polar surface area (TPSA) is 41.9 Å². The fourth-order valence-electron chi connectivity index (χ4n) is 10.1. The molecule has 320 valence electrons. The first-order valence-corrected chi connectivity index (χ1v) is 22.8. The number of fused-ring (bicyclic) bond motifs is 1. The molecule has 4 heteroatoms. The number of hydrogen-bond acceptors (Lipinski definition) is 4. The Hall–Kier alpha value is -7.95. The summed E-state index contributed by atoms with van der Waals surface area (Å²) >= 11 is 0. The van der Waals surface area contributed by atoms with Crippen molar-refractivity contribution in [1.82, 2.24) is 15.0 Å². The van der Waals surface area contributed by atoms with Crippen molar-refractivity contribution in [2.75, 3.05) is 4.90 Å². The van der Waals surface area contributed by atoms with Gasteiger partial charge in [-0.1, -0.05) is 187 Å². The number of benzene rings is 9. The zero-order valence-corrected chi connectivity index (χ0v) is 38.4. The minimum absolute atomic E-state index is 0.0314. The highest BCUT2D eigenvalue weighted by molar-refractivity contribution is 5.96. The van der Waals surface area contributed by atoms with Crippen LogP contribution < -0.4 is 4.90 Å². The fourth-order valence-corrected chi connectivity index (χ4v) is 10.1. The summed E-state index contributed by atoms with van der Waals surface area (Å²) in [6, 6.07) is 71.3. The first-order valence-electron chi connectivity index (χ1n) is 22.8. The maximum Gasteiger partial charge on any atom is 0.238 e. The van der Waals surface area contributed by atoms with Crippen LogP contribution in [0.4, 0.5) is 17.3 Å². The fraction of sp³-hybridized carbons (Fsp3) is 0.113. The average molecular weight is 853 g/mol. The van der Waals surface area contributed by atoms with E-state index in [1.54, 1.807) is 0 Å². The lowest BCUT2D eigenvalue weighted by Crippen LogP contribution is -2.17. The molecular formula is C62H52N4. The summed E-state index contributed by atoms with van der Waals surface area (Å²) in [5.74, 6) is 1.75. The molecule has 1 aromatic heterocycles. The maximum absolute atomic E-state index is 5.47. The minimum Gasteiger partial charge on any atom is -0.278 e. The normalized spacial score (nSPS) is 11.3. The van der Waals surface area contributed by atoms with E-state index in [1.165, 1.54) is 50.1 Å². The molecule has 0 N–H and O–H groups in total. The molecule has 0 spiro atoms. The van der Waals surface area contributed by atoms with E-state index < -0.39 is 0 Å². The lowest BCUT2D eigenvalue weighted by molar-refractivity contribution is 0.919. The van der Waals surface area contributed by atoms with E-state index in [2.05, 4.69) is 241 Å². The molecule has 10 rings (SSSR count). The van der Waals surface area contributed by atoms with E-state index in [1.807, 2.05) is 6.07 Å². The molecule has 0 fully saturated rings. The Morgan fingerprint density at radius 3 is 1.55 bits per heavy atom. The van der Waals surface area contributed by atoms with Gasteiger partial charge in [0.25, 0.3) is 0 Å². The molecule has 0 aliphatic rings. The van der Waals surface area contributed by atoms with E-state index in [0.717, 1.165) is 55.5 Å². The van der Waals surface area contributed by atoms with Gasteiger partial charge in [-0.15, -0.1) is 0 Å². The second kappa shape index (κ2) is 17.9. The molecule has 0 aliphatic carbocycles. The lowest BCUT2D eigenvalue weighted by Gasteiger charge is -2.29. The highest BCUT2D eigenvalue weighted by Gasteiger charge is 2.27. The van der Waals surface area contributed by atoms with Crippen LogP contribution >= 0.6 is 0 Å². The van der Waals surface area contributed by atoms with Crippen LogP contribution in [0.5, 0.6) is 0 Å². The van der Waals surface area contributed by atoms with Crippen LogP contribution in [0, 0.1) is 41.5 Å². The molecule has 0 saturated carbocycles. The number of hydrogen-bond donors (Lipinski definition) is 0. The molecule has 66 heavy (non-hydrogen) atoms. The van der Waals surface area contributed by atoms with Crippen molar-refractivity contribution in [2.45, 2.75) is 47.5 Å². The molecule has 0 unspecified atom stereocenters. The highest BCUT2D eigenvalue weighted by Crippen LogP contribution is 2.44. The van der Waals surface area contributed by atoms with Crippen molar-refractivity contribution in [3.8, 4) is 45.0 Å². The largest absolute Gasteiger partial charge is 0.278 e. The van der Waals surface area contributed by atoms with Crippen LogP contribution in [0.25, 0.3) is 55.8 Å². The summed E-state index contributed by atoms with van der Waals surface area (Å²) in [5.41, 5.74) is 19.8. The molecule has 0 radical (unpaired) electrons. The molecule has 0 atom stereocenters. The van der Waals surface area contributed by atoms with Crippen LogP contribution in [0.3, 0.4) is 0 Å². The second-order valence-corrected chi connectivity index (χ2v) is 17.6. The Labute approximate surface area is 389 Å². The van der Waals surface area contributed by atoms with Gasteiger partial charge in [0.2, 0.25) is 5.95 Å². The van der Waals surface area contributed by atoms with E-state index in [4.69, 9.17) is 15.0 Å². The molecule has 0 saturated heterocycles. The molecule has 0 bridgehead atoms. The quantitative estimate of drug-likeness (QED) is 0.129. The third kappa shape index (κ3) is 8.19. The maximum atomic E-state index is 5.47. The number of aromatic nitrogens is 3. The van der Waals surface area contributed by atoms with Crippen molar-refractivity contribution in [3.63, 3.8) is 0 Å². The molecule has 4 nitrogen and oxygen atoms in total. The smallest absolute Gasteiger partial charge is 0.238 e. The second-order valence-electron chi connectivity index (χ2n) is 17.6. The third-order valence-electron chi connectivity index (χ3n) is 12.8. The number of anilines is 3. The van der Waals surface area contributed by atoms with Crippen molar-refractivity contribution < 1.29 is 0 Å². The van der Waals surface area contributed by atoms with Crippen molar-refractivity contribution >= 4 is 28.1 Å². The summed E-state index contributed by atoms with van der Waals surface area (Å²) in [6.45, 7) is 13.4. The van der Waals surface area contributed by atoms with Gasteiger partial charge < -0.3 is 0 Å². The number of nitrogens with zero attached hydrogens (tertiary/aromatic N) is 4. The predicted molar refractivity (Wildman–Crippen MR) is 276 cm³/mol. The van der Waals surface area contributed by atoms with Gasteiger partial charge in [0.1, 0.15) is 0 Å². The van der Waals surface area contributed by atoms with Gasteiger partial charge in [0.05, 0.1) is 5.69 Å². The van der Waals surface area contributed by atoms with Gasteiger partial charge in [-0.3, -0.25) is 4.90 Å². The predicted octanol–water partition coefficient (Wildman–Crippen LogP) is 16.2. The van der Waals surface area contributed by atoms with Crippen LogP contribution in [0.1, 0.15) is 56.0 Å². The van der Waals surface area contributed by atoms with Crippen LogP contribution in [0.2, 0.25) is 0 Å². The Bertz CT molecular complexity index is 3260. The number of para-hydroxylation sites is 1. The van der Waals surface area contributed by atoms with E-state index in [0.29, 0.717) is 17.6 Å². The summed E-state index contributed by atoms with van der Waals surface area (Å²) < 4.78 is 0. The van der Waals surface area contributed by atoms with Gasteiger partial charge in [0, 0.05) is 28.3 Å². The molecule has 10 aromatic rings. The standard InChI is InChI=1S/C62H52N4/c1-40-35-42(3)57(43(4)36-40)59(58-44(5)37-41(2)38-45(58)6)49-31-33-52(34-32-49)66(56-30-16-15-28-54(56)48-21-11-8-12-22-48)62-64-60(51-26-17-25-50(39-51)46-19-9-7-10-20-46)63-61(65-62)55-29-18-24-47-23-13-14-27-53(47)55/h7-39,59H,1-6H3. The van der Waals surface area contributed by atoms with Gasteiger partial charge in [-0.25, -0.2) is 4.98 Å². The molecule has 0 aliphatic heterocycles. The number of aryl methyl sites for hydroxylation is 6. The monoisotopic (exact) mass is 852 g/mol. The van der Waals surface area contributed by atoms with Crippen molar-refractivity contribution in [2.24, 2.45) is 0 Å². The zero-order valence-electron chi connectivity index (χ0n) is 38.4. The Morgan fingerprint density at radius 1 is 0.379 bits per heavy atom. The molecule has 9 aromatic carbocycles. The van der Waals surface area contributed by atoms with E-state index >= 15 is 0 Å². The third-order valence-corrected chi connectivity index (χ3v) is 12.8. The highest BCUT2D eigenvalue weighted by atomic mass is 15.3. The SMILES string of the molecule is Cc1cc(C)c(C(c2ccc(N(c3nc(-c4cccc(-c5ccccc5)c4)nc(-c4cccc5ccccc45)n3)c3ccccc3-c3ccccc3)cc2)c2c(C)cc(C)cc2C)c(C)c1. The van der Waals surface area contributed by atoms with Crippen LogP contribution in [0.15, 0.2) is 200 Å². The summed E-state index contributed by atoms with van der Waals surface area (Å²) in [5, 5.41) is 2.20. The van der Waals surface area contributed by atoms with E-state index in [9.17, 15) is 0 Å². The summed E-state index contributed by atoms with van der Waals surface area (Å²) in [6.07, 6.45) is 0. The average Bonchev–Trinajstić information content (AvgIpc) is 3.34. The van der Waals surface area contributed by atoms with Crippen LogP contribution in [-0.2, 0) is 0 Å². The van der Waals surface area contributed by atoms with Crippen molar-refractivity contribution in [1.29, 1.82) is 0 Å². The van der Waals surface area contributed by atoms with Gasteiger partial charge in [-0.05, 0) is 132 Å². The Morgan fingerprint density at radius 2 is 0.879 bits per heavy atom. The van der Waals surface area contributed by atoms with Gasteiger partial charge >= 0.3 is 0 Å². The first-order chi connectivity index (χ1) is 32.2. The zero-order chi connectivity index (χ0) is 45.3. The Kier molecular flexibility index (Phi) is 11.4. The molecule has 0 amide bonds. The Balaban J connectivity index is 1.22. The summed E-state index contributed by atoms with van der Waals surface area (Å²) in [7, 11) is 0. The van der Waals surface area contributed by atoms with Gasteiger partial charge in [0.15, 0.2) is 11.6 Å². The summed E-state index contributed by atoms with van der Waals surface area (Å²) in [4.78, 5) is 18.4. The lowest BCUT2D eigenvalue weighted by atomic mass is 9.77. The van der Waals surface area contributed by atoms with Crippen molar-refractivity contribution in [3.05, 3.63) is 250 Å². The van der Waals surface area contributed by atoms with Crippen LogP contribution in [-0.4, -0.2) is 15.0 Å². The van der Waals surface area contributed by atoms with Gasteiger partial charge in [-0.2, -0.15) is 9.97 Å². The molecular weight excluding hydrogens is 801 g/mol.